The lowest BCUT2D eigenvalue weighted by Gasteiger charge is -2.33. The molecule has 0 saturated heterocycles. The summed E-state index contributed by atoms with van der Waals surface area (Å²) in [6.45, 7) is 17.2. The van der Waals surface area contributed by atoms with E-state index in [4.69, 9.17) is 0 Å². The minimum atomic E-state index is -0.0221. The highest BCUT2D eigenvalue weighted by molar-refractivity contribution is 5.53. The van der Waals surface area contributed by atoms with Gasteiger partial charge in [-0.25, -0.2) is 0 Å². The highest BCUT2D eigenvalue weighted by atomic mass is 16.3. The van der Waals surface area contributed by atoms with Gasteiger partial charge in [-0.3, -0.25) is 4.90 Å². The summed E-state index contributed by atoms with van der Waals surface area (Å²) < 4.78 is 0. The Morgan fingerprint density at radius 3 is 1.96 bits per heavy atom. The predicted octanol–water partition coefficient (Wildman–Crippen LogP) is 5.93. The van der Waals surface area contributed by atoms with Crippen LogP contribution in [0, 0.1) is 6.92 Å². The van der Waals surface area contributed by atoms with E-state index >= 15 is 0 Å². The van der Waals surface area contributed by atoms with Crippen LogP contribution in [-0.4, -0.2) is 17.1 Å². The van der Waals surface area contributed by atoms with Gasteiger partial charge in [0.2, 0.25) is 0 Å². The van der Waals surface area contributed by atoms with Crippen LogP contribution in [0.15, 0.2) is 36.4 Å². The second kappa shape index (κ2) is 7.44. The monoisotopic (exact) mass is 353 g/mol. The van der Waals surface area contributed by atoms with Crippen molar-refractivity contribution in [2.24, 2.45) is 0 Å². The molecule has 0 aliphatic rings. The molecule has 0 saturated carbocycles. The van der Waals surface area contributed by atoms with E-state index in [-0.39, 0.29) is 10.8 Å². The van der Waals surface area contributed by atoms with Crippen molar-refractivity contribution in [3.05, 3.63) is 64.2 Å². The topological polar surface area (TPSA) is 23.5 Å². The Hall–Kier alpha value is -1.80. The molecule has 0 aliphatic heterocycles. The van der Waals surface area contributed by atoms with Crippen molar-refractivity contribution in [2.75, 3.05) is 7.05 Å². The SMILES string of the molecule is Cc1c(C(C)(C)C)cc(O)c(CN(C)Cc2ccccc2)c1C(C)(C)C. The fraction of sp³-hybridized carbons (Fsp3) is 0.500. The maximum absolute atomic E-state index is 10.9. The van der Waals surface area contributed by atoms with Crippen LogP contribution in [0.4, 0.5) is 0 Å². The minimum absolute atomic E-state index is 0.00995. The van der Waals surface area contributed by atoms with E-state index < -0.39 is 0 Å². The molecule has 26 heavy (non-hydrogen) atoms. The second-order valence-corrected chi connectivity index (χ2v) is 9.58. The van der Waals surface area contributed by atoms with Crippen molar-refractivity contribution in [1.29, 1.82) is 0 Å². The molecular weight excluding hydrogens is 318 g/mol. The van der Waals surface area contributed by atoms with Gasteiger partial charge >= 0.3 is 0 Å². The third-order valence-electron chi connectivity index (χ3n) is 4.95. The third kappa shape index (κ3) is 4.67. The van der Waals surface area contributed by atoms with Gasteiger partial charge in [-0.2, -0.15) is 0 Å². The Kier molecular flexibility index (Phi) is 5.87. The Balaban J connectivity index is 2.46. The Morgan fingerprint density at radius 2 is 1.46 bits per heavy atom. The molecule has 142 valence electrons. The maximum Gasteiger partial charge on any atom is 0.120 e. The van der Waals surface area contributed by atoms with E-state index in [0.717, 1.165) is 18.7 Å². The van der Waals surface area contributed by atoms with E-state index in [1.54, 1.807) is 0 Å². The fourth-order valence-electron chi connectivity index (χ4n) is 4.00. The number of aromatic hydroxyl groups is 1. The van der Waals surface area contributed by atoms with Crippen molar-refractivity contribution in [1.82, 2.24) is 4.90 Å². The molecule has 0 spiro atoms. The van der Waals surface area contributed by atoms with Gasteiger partial charge < -0.3 is 5.11 Å². The quantitative estimate of drug-likeness (QED) is 0.736. The first kappa shape index (κ1) is 20.5. The zero-order valence-corrected chi connectivity index (χ0v) is 17.8. The highest BCUT2D eigenvalue weighted by Gasteiger charge is 2.28. The molecule has 0 fully saturated rings. The number of hydrogen-bond acceptors (Lipinski definition) is 2. The molecule has 1 N–H and O–H groups in total. The summed E-state index contributed by atoms with van der Waals surface area (Å²) in [4.78, 5) is 2.27. The molecular formula is C24H35NO. The first-order valence-electron chi connectivity index (χ1n) is 9.50. The van der Waals surface area contributed by atoms with Crippen molar-refractivity contribution >= 4 is 0 Å². The molecule has 0 aliphatic carbocycles. The summed E-state index contributed by atoms with van der Waals surface area (Å²) in [5.41, 5.74) is 6.15. The zero-order chi connectivity index (χ0) is 19.7. The van der Waals surface area contributed by atoms with Crippen LogP contribution in [0.2, 0.25) is 0 Å². The lowest BCUT2D eigenvalue weighted by Crippen LogP contribution is -2.25. The zero-order valence-electron chi connectivity index (χ0n) is 17.8. The van der Waals surface area contributed by atoms with E-state index in [1.165, 1.54) is 22.3 Å². The molecule has 0 heterocycles. The van der Waals surface area contributed by atoms with Gasteiger partial charge in [0.1, 0.15) is 5.75 Å². The molecule has 0 atom stereocenters. The van der Waals surface area contributed by atoms with Crippen molar-refractivity contribution in [3.8, 4) is 5.75 Å². The van der Waals surface area contributed by atoms with Crippen LogP contribution in [0.1, 0.15) is 69.4 Å². The smallest absolute Gasteiger partial charge is 0.120 e. The molecule has 0 bridgehead atoms. The summed E-state index contributed by atoms with van der Waals surface area (Å²) in [6.07, 6.45) is 0. The molecule has 0 aromatic heterocycles. The largest absolute Gasteiger partial charge is 0.508 e. The standard InChI is InChI=1S/C24H35NO/c1-17-20(23(2,3)4)14-21(26)19(22(17)24(5,6)7)16-25(8)15-18-12-10-9-11-13-18/h9-14,26H,15-16H2,1-8H3. The Bertz CT molecular complexity index is 749. The number of nitrogens with zero attached hydrogens (tertiary/aromatic N) is 1. The number of hydrogen-bond donors (Lipinski definition) is 1. The van der Waals surface area contributed by atoms with Gasteiger partial charge in [-0.15, -0.1) is 0 Å². The average Bonchev–Trinajstić information content (AvgIpc) is 2.49. The molecule has 2 rings (SSSR count). The Labute approximate surface area is 159 Å². The molecule has 0 radical (unpaired) electrons. The summed E-state index contributed by atoms with van der Waals surface area (Å²) in [5.74, 6) is 0.422. The Morgan fingerprint density at radius 1 is 0.885 bits per heavy atom. The van der Waals surface area contributed by atoms with Crippen LogP contribution in [-0.2, 0) is 23.9 Å². The number of phenols is 1. The first-order valence-corrected chi connectivity index (χ1v) is 9.50. The fourth-order valence-corrected chi connectivity index (χ4v) is 4.00. The van der Waals surface area contributed by atoms with E-state index in [1.807, 2.05) is 12.1 Å². The van der Waals surface area contributed by atoms with Crippen LogP contribution in [0.25, 0.3) is 0 Å². The molecule has 0 unspecified atom stereocenters. The first-order chi connectivity index (χ1) is 11.9. The predicted molar refractivity (Wildman–Crippen MR) is 112 cm³/mol. The van der Waals surface area contributed by atoms with E-state index in [9.17, 15) is 5.11 Å². The summed E-state index contributed by atoms with van der Waals surface area (Å²) in [6, 6.07) is 12.5. The van der Waals surface area contributed by atoms with Crippen LogP contribution >= 0.6 is 0 Å². The summed E-state index contributed by atoms with van der Waals surface area (Å²) in [5, 5.41) is 10.9. The van der Waals surface area contributed by atoms with Gasteiger partial charge in [0, 0.05) is 18.7 Å². The number of rotatable bonds is 4. The number of phenolic OH excluding ortho intramolecular Hbond substituents is 1. The van der Waals surface area contributed by atoms with Crippen LogP contribution in [0.5, 0.6) is 5.75 Å². The van der Waals surface area contributed by atoms with E-state index in [0.29, 0.717) is 5.75 Å². The van der Waals surface area contributed by atoms with Gasteiger partial charge in [0.25, 0.3) is 0 Å². The van der Waals surface area contributed by atoms with Gasteiger partial charge in [-0.1, -0.05) is 71.9 Å². The maximum atomic E-state index is 10.9. The molecule has 2 aromatic rings. The van der Waals surface area contributed by atoms with Gasteiger partial charge in [0.05, 0.1) is 0 Å². The third-order valence-corrected chi connectivity index (χ3v) is 4.95. The van der Waals surface area contributed by atoms with Crippen molar-refractivity contribution in [3.63, 3.8) is 0 Å². The lowest BCUT2D eigenvalue weighted by atomic mass is 9.74. The highest BCUT2D eigenvalue weighted by Crippen LogP contribution is 2.40. The van der Waals surface area contributed by atoms with Crippen LogP contribution in [0.3, 0.4) is 0 Å². The number of benzene rings is 2. The molecule has 0 amide bonds. The second-order valence-electron chi connectivity index (χ2n) is 9.58. The average molecular weight is 354 g/mol. The van der Waals surface area contributed by atoms with Crippen molar-refractivity contribution in [2.45, 2.75) is 72.4 Å². The lowest BCUT2D eigenvalue weighted by molar-refractivity contribution is 0.308. The van der Waals surface area contributed by atoms with Crippen LogP contribution < -0.4 is 0 Å². The van der Waals surface area contributed by atoms with Gasteiger partial charge in [-0.05, 0) is 53.1 Å². The summed E-state index contributed by atoms with van der Waals surface area (Å²) >= 11 is 0. The minimum Gasteiger partial charge on any atom is -0.508 e. The summed E-state index contributed by atoms with van der Waals surface area (Å²) in [7, 11) is 2.12. The molecule has 2 nitrogen and oxygen atoms in total. The molecule has 2 aromatic carbocycles. The van der Waals surface area contributed by atoms with Crippen molar-refractivity contribution < 1.29 is 5.11 Å². The van der Waals surface area contributed by atoms with E-state index in [2.05, 4.69) is 84.7 Å². The van der Waals surface area contributed by atoms with Gasteiger partial charge in [0.15, 0.2) is 0 Å². The normalized spacial score (nSPS) is 12.7. The molecule has 2 heteroatoms.